The Morgan fingerprint density at radius 1 is 1.41 bits per heavy atom. The molecule has 2 aromatic rings. The lowest BCUT2D eigenvalue weighted by Gasteiger charge is -2.18. The largest absolute Gasteiger partial charge is 0.368 e. The number of nitriles is 1. The van der Waals surface area contributed by atoms with Crippen LogP contribution in [0.2, 0.25) is 0 Å². The summed E-state index contributed by atoms with van der Waals surface area (Å²) in [6, 6.07) is 7.97. The van der Waals surface area contributed by atoms with Gasteiger partial charge >= 0.3 is 0 Å². The van der Waals surface area contributed by atoms with Gasteiger partial charge in [-0.05, 0) is 37.0 Å². The van der Waals surface area contributed by atoms with Crippen molar-refractivity contribution >= 4 is 5.82 Å². The molecule has 0 saturated heterocycles. The van der Waals surface area contributed by atoms with E-state index in [1.54, 1.807) is 0 Å². The lowest BCUT2D eigenvalue weighted by molar-refractivity contribution is 0.416. The van der Waals surface area contributed by atoms with Crippen LogP contribution in [0, 0.1) is 16.7 Å². The maximum absolute atomic E-state index is 9.26. The fourth-order valence-electron chi connectivity index (χ4n) is 2.60. The van der Waals surface area contributed by atoms with Crippen LogP contribution in [0.5, 0.6) is 0 Å². The summed E-state index contributed by atoms with van der Waals surface area (Å²) < 4.78 is 1.98. The molecule has 0 aliphatic heterocycles. The van der Waals surface area contributed by atoms with Gasteiger partial charge in [0.2, 0.25) is 0 Å². The van der Waals surface area contributed by atoms with Gasteiger partial charge in [-0.1, -0.05) is 13.8 Å². The van der Waals surface area contributed by atoms with E-state index in [-0.39, 0.29) is 5.41 Å². The van der Waals surface area contributed by atoms with Gasteiger partial charge in [0.05, 0.1) is 5.56 Å². The molecule has 5 nitrogen and oxygen atoms in total. The molecule has 22 heavy (non-hydrogen) atoms. The van der Waals surface area contributed by atoms with Gasteiger partial charge in [0.15, 0.2) is 0 Å². The molecular formula is C17H21N5. The lowest BCUT2D eigenvalue weighted by Crippen LogP contribution is -2.22. The van der Waals surface area contributed by atoms with Gasteiger partial charge in [-0.3, -0.25) is 4.68 Å². The fraction of sp³-hybridized carbons (Fsp3) is 0.471. The van der Waals surface area contributed by atoms with Crippen molar-refractivity contribution in [3.05, 3.63) is 41.9 Å². The molecule has 0 radical (unpaired) electrons. The average molecular weight is 295 g/mol. The molecule has 3 rings (SSSR count). The standard InChI is InChI=1S/C17H21N5/c1-13(2)15-5-4-14(10-18)16(21-15)19-11-17(6-7-17)12-22-9-3-8-20-22/h3-5,8-9,13H,6-7,11-12H2,1-2H3,(H,19,21). The Balaban J connectivity index is 1.71. The number of nitrogens with one attached hydrogen (secondary N) is 1. The van der Waals surface area contributed by atoms with Gasteiger partial charge in [0.1, 0.15) is 11.9 Å². The van der Waals surface area contributed by atoms with Crippen LogP contribution >= 0.6 is 0 Å². The SMILES string of the molecule is CC(C)c1ccc(C#N)c(NCC2(Cn3cccn3)CC2)n1. The summed E-state index contributed by atoms with van der Waals surface area (Å²) in [6.45, 7) is 5.96. The normalized spacial score (nSPS) is 15.5. The summed E-state index contributed by atoms with van der Waals surface area (Å²) in [4.78, 5) is 4.61. The zero-order valence-electron chi connectivity index (χ0n) is 13.1. The van der Waals surface area contributed by atoms with Crippen LogP contribution in [-0.4, -0.2) is 21.3 Å². The van der Waals surface area contributed by atoms with Gasteiger partial charge < -0.3 is 5.32 Å². The van der Waals surface area contributed by atoms with Crippen LogP contribution in [0.4, 0.5) is 5.82 Å². The number of pyridine rings is 1. The maximum Gasteiger partial charge on any atom is 0.144 e. The molecule has 114 valence electrons. The Morgan fingerprint density at radius 2 is 2.23 bits per heavy atom. The van der Waals surface area contributed by atoms with E-state index >= 15 is 0 Å². The monoisotopic (exact) mass is 295 g/mol. The molecular weight excluding hydrogens is 274 g/mol. The van der Waals surface area contributed by atoms with E-state index in [0.29, 0.717) is 17.3 Å². The van der Waals surface area contributed by atoms with Crippen LogP contribution in [0.15, 0.2) is 30.6 Å². The van der Waals surface area contributed by atoms with E-state index in [9.17, 15) is 5.26 Å². The van der Waals surface area contributed by atoms with Crippen molar-refractivity contribution in [1.82, 2.24) is 14.8 Å². The summed E-state index contributed by atoms with van der Waals surface area (Å²) in [5.74, 6) is 1.06. The van der Waals surface area contributed by atoms with E-state index in [2.05, 4.69) is 35.3 Å². The number of nitrogens with zero attached hydrogens (tertiary/aromatic N) is 4. The van der Waals surface area contributed by atoms with Crippen molar-refractivity contribution in [1.29, 1.82) is 5.26 Å². The zero-order chi connectivity index (χ0) is 15.6. The number of rotatable bonds is 6. The highest BCUT2D eigenvalue weighted by atomic mass is 15.3. The van der Waals surface area contributed by atoms with Crippen LogP contribution in [0.1, 0.15) is 43.9 Å². The Bertz CT molecular complexity index is 678. The fourth-order valence-corrected chi connectivity index (χ4v) is 2.60. The third-order valence-electron chi connectivity index (χ3n) is 4.27. The molecule has 1 aliphatic carbocycles. The zero-order valence-corrected chi connectivity index (χ0v) is 13.1. The first-order chi connectivity index (χ1) is 10.6. The average Bonchev–Trinajstić information content (AvgIpc) is 3.08. The molecule has 0 spiro atoms. The van der Waals surface area contributed by atoms with Crippen molar-refractivity contribution in [3.8, 4) is 6.07 Å². The molecule has 5 heteroatoms. The molecule has 0 bridgehead atoms. The van der Waals surface area contributed by atoms with Gasteiger partial charge in [0.25, 0.3) is 0 Å². The van der Waals surface area contributed by atoms with Crippen LogP contribution < -0.4 is 5.32 Å². The Labute approximate surface area is 131 Å². The van der Waals surface area contributed by atoms with Crippen molar-refractivity contribution < 1.29 is 0 Å². The smallest absolute Gasteiger partial charge is 0.144 e. The second-order valence-corrected chi connectivity index (χ2v) is 6.46. The summed E-state index contributed by atoms with van der Waals surface area (Å²) in [5, 5.41) is 16.9. The summed E-state index contributed by atoms with van der Waals surface area (Å²) in [7, 11) is 0. The summed E-state index contributed by atoms with van der Waals surface area (Å²) in [5.41, 5.74) is 1.87. The Kier molecular flexibility index (Phi) is 3.84. The van der Waals surface area contributed by atoms with Gasteiger partial charge in [0, 0.05) is 36.6 Å². The molecule has 2 aromatic heterocycles. The molecule has 0 aromatic carbocycles. The number of hydrogen-bond acceptors (Lipinski definition) is 4. The van der Waals surface area contributed by atoms with Gasteiger partial charge in [-0.15, -0.1) is 0 Å². The molecule has 1 aliphatic rings. The van der Waals surface area contributed by atoms with Gasteiger partial charge in [-0.25, -0.2) is 4.98 Å². The van der Waals surface area contributed by atoms with E-state index in [0.717, 1.165) is 18.8 Å². The molecule has 2 heterocycles. The number of hydrogen-bond donors (Lipinski definition) is 1. The number of aromatic nitrogens is 3. The topological polar surface area (TPSA) is 66.5 Å². The number of anilines is 1. The molecule has 0 atom stereocenters. The van der Waals surface area contributed by atoms with Crippen molar-refractivity contribution in [2.75, 3.05) is 11.9 Å². The highest BCUT2D eigenvalue weighted by molar-refractivity contribution is 5.52. The minimum absolute atomic E-state index is 0.244. The van der Waals surface area contributed by atoms with E-state index in [1.165, 1.54) is 12.8 Å². The minimum atomic E-state index is 0.244. The van der Waals surface area contributed by atoms with Crippen LogP contribution in [0.3, 0.4) is 0 Å². The third kappa shape index (κ3) is 3.11. The van der Waals surface area contributed by atoms with E-state index in [1.807, 2.05) is 35.3 Å². The Morgan fingerprint density at radius 3 is 2.82 bits per heavy atom. The minimum Gasteiger partial charge on any atom is -0.368 e. The molecule has 1 fully saturated rings. The summed E-state index contributed by atoms with van der Waals surface area (Å²) in [6.07, 6.45) is 6.18. The van der Waals surface area contributed by atoms with Crippen LogP contribution in [0.25, 0.3) is 0 Å². The first kappa shape index (κ1) is 14.6. The van der Waals surface area contributed by atoms with Crippen molar-refractivity contribution in [3.63, 3.8) is 0 Å². The quantitative estimate of drug-likeness (QED) is 0.889. The van der Waals surface area contributed by atoms with Crippen LogP contribution in [-0.2, 0) is 6.54 Å². The summed E-state index contributed by atoms with van der Waals surface area (Å²) >= 11 is 0. The molecule has 1 N–H and O–H groups in total. The predicted octanol–water partition coefficient (Wildman–Crippen LogP) is 3.17. The highest BCUT2D eigenvalue weighted by Crippen LogP contribution is 2.47. The lowest BCUT2D eigenvalue weighted by atomic mass is 10.1. The molecule has 0 unspecified atom stereocenters. The molecule has 1 saturated carbocycles. The van der Waals surface area contributed by atoms with Gasteiger partial charge in [-0.2, -0.15) is 10.4 Å². The third-order valence-corrected chi connectivity index (χ3v) is 4.27. The maximum atomic E-state index is 9.26. The van der Waals surface area contributed by atoms with Crippen molar-refractivity contribution in [2.24, 2.45) is 5.41 Å². The first-order valence-electron chi connectivity index (χ1n) is 7.74. The first-order valence-corrected chi connectivity index (χ1v) is 7.74. The molecule has 0 amide bonds. The van der Waals surface area contributed by atoms with Crippen molar-refractivity contribution in [2.45, 2.75) is 39.2 Å². The predicted molar refractivity (Wildman–Crippen MR) is 85.4 cm³/mol. The van der Waals surface area contributed by atoms with E-state index < -0.39 is 0 Å². The van der Waals surface area contributed by atoms with E-state index in [4.69, 9.17) is 0 Å². The second-order valence-electron chi connectivity index (χ2n) is 6.46. The second kappa shape index (κ2) is 5.80. The highest BCUT2D eigenvalue weighted by Gasteiger charge is 2.43. The Hall–Kier alpha value is -2.35.